The Hall–Kier alpha value is -1.95. The number of hydrogen-bond acceptors (Lipinski definition) is 3. The van der Waals surface area contributed by atoms with Gasteiger partial charge < -0.3 is 16.0 Å². The van der Waals surface area contributed by atoms with E-state index >= 15 is 0 Å². The van der Waals surface area contributed by atoms with Gasteiger partial charge in [0.1, 0.15) is 5.82 Å². The monoisotopic (exact) mass is 307 g/mol. The molecule has 1 aliphatic heterocycles. The molecule has 0 aromatic heterocycles. The summed E-state index contributed by atoms with van der Waals surface area (Å²) in [6.45, 7) is 4.31. The van der Waals surface area contributed by atoms with Crippen molar-refractivity contribution in [2.45, 2.75) is 19.8 Å². The van der Waals surface area contributed by atoms with Gasteiger partial charge in [-0.2, -0.15) is 0 Å². The third-order valence-corrected chi connectivity index (χ3v) is 4.13. The topological polar surface area (TPSA) is 75.4 Å². The average molecular weight is 307 g/mol. The predicted molar refractivity (Wildman–Crippen MR) is 81.7 cm³/mol. The van der Waals surface area contributed by atoms with Crippen LogP contribution in [0.5, 0.6) is 0 Å². The highest BCUT2D eigenvalue weighted by Crippen LogP contribution is 2.28. The average Bonchev–Trinajstić information content (AvgIpc) is 2.91. The number of likely N-dealkylation sites (tertiary alicyclic amines) is 1. The van der Waals surface area contributed by atoms with Gasteiger partial charge in [-0.05, 0) is 42.6 Å². The molecule has 2 amide bonds. The molecule has 0 aliphatic carbocycles. The fourth-order valence-electron chi connectivity index (χ4n) is 2.55. The lowest BCUT2D eigenvalue weighted by Crippen LogP contribution is -2.36. The molecule has 0 saturated carbocycles. The van der Waals surface area contributed by atoms with Gasteiger partial charge in [0.25, 0.3) is 5.91 Å². The van der Waals surface area contributed by atoms with Crippen molar-refractivity contribution in [2.75, 3.05) is 26.2 Å². The molecule has 1 fully saturated rings. The van der Waals surface area contributed by atoms with Gasteiger partial charge in [0.15, 0.2) is 0 Å². The van der Waals surface area contributed by atoms with Crippen LogP contribution in [0.25, 0.3) is 0 Å². The van der Waals surface area contributed by atoms with Gasteiger partial charge in [-0.1, -0.05) is 6.92 Å². The number of carbonyl (C=O) groups excluding carboxylic acids is 2. The highest BCUT2D eigenvalue weighted by molar-refractivity contribution is 5.94. The molecule has 1 aromatic carbocycles. The highest BCUT2D eigenvalue weighted by atomic mass is 19.1. The largest absolute Gasteiger partial charge is 0.352 e. The molecular weight excluding hydrogens is 285 g/mol. The maximum absolute atomic E-state index is 12.8. The second-order valence-electron chi connectivity index (χ2n) is 6.09. The summed E-state index contributed by atoms with van der Waals surface area (Å²) in [5, 5.41) is 2.67. The SMILES string of the molecule is CC1(CN)CCN(C(=O)CCNC(=O)c2ccc(F)cc2)C1. The van der Waals surface area contributed by atoms with Crippen molar-refractivity contribution >= 4 is 11.8 Å². The molecule has 1 saturated heterocycles. The molecule has 120 valence electrons. The standard InChI is InChI=1S/C16H22FN3O2/c1-16(10-18)7-9-20(11-16)14(21)6-8-19-15(22)12-2-4-13(17)5-3-12/h2-5H,6-11,18H2,1H3,(H,19,22). The van der Waals surface area contributed by atoms with E-state index in [0.717, 1.165) is 13.0 Å². The van der Waals surface area contributed by atoms with Crippen LogP contribution in [0.2, 0.25) is 0 Å². The maximum Gasteiger partial charge on any atom is 0.251 e. The fourth-order valence-corrected chi connectivity index (χ4v) is 2.55. The van der Waals surface area contributed by atoms with E-state index in [9.17, 15) is 14.0 Å². The summed E-state index contributed by atoms with van der Waals surface area (Å²) in [6.07, 6.45) is 1.17. The lowest BCUT2D eigenvalue weighted by atomic mass is 9.90. The predicted octanol–water partition coefficient (Wildman–Crippen LogP) is 1.14. The van der Waals surface area contributed by atoms with Gasteiger partial charge in [-0.3, -0.25) is 9.59 Å². The molecular formula is C16H22FN3O2. The van der Waals surface area contributed by atoms with Crippen LogP contribution < -0.4 is 11.1 Å². The molecule has 0 radical (unpaired) electrons. The minimum atomic E-state index is -0.385. The summed E-state index contributed by atoms with van der Waals surface area (Å²) in [6, 6.07) is 5.30. The zero-order chi connectivity index (χ0) is 16.2. The van der Waals surface area contributed by atoms with Crippen LogP contribution >= 0.6 is 0 Å². The Balaban J connectivity index is 1.75. The molecule has 2 rings (SSSR count). The molecule has 0 spiro atoms. The van der Waals surface area contributed by atoms with Crippen LogP contribution in [0.4, 0.5) is 4.39 Å². The number of amides is 2. The first kappa shape index (κ1) is 16.4. The molecule has 6 heteroatoms. The van der Waals surface area contributed by atoms with Crippen LogP contribution in [-0.4, -0.2) is 42.9 Å². The van der Waals surface area contributed by atoms with Crippen molar-refractivity contribution in [2.24, 2.45) is 11.1 Å². The molecule has 22 heavy (non-hydrogen) atoms. The van der Waals surface area contributed by atoms with Crippen LogP contribution in [0, 0.1) is 11.2 Å². The summed E-state index contributed by atoms with van der Waals surface area (Å²) in [7, 11) is 0. The van der Waals surface area contributed by atoms with E-state index < -0.39 is 0 Å². The second kappa shape index (κ2) is 6.87. The minimum absolute atomic E-state index is 0.00696. The molecule has 3 N–H and O–H groups in total. The first-order valence-corrected chi connectivity index (χ1v) is 7.45. The summed E-state index contributed by atoms with van der Waals surface area (Å²) in [5.74, 6) is -0.665. The molecule has 5 nitrogen and oxygen atoms in total. The first-order valence-electron chi connectivity index (χ1n) is 7.45. The normalized spacial score (nSPS) is 21.0. The van der Waals surface area contributed by atoms with Crippen molar-refractivity contribution in [3.8, 4) is 0 Å². The number of benzene rings is 1. The van der Waals surface area contributed by atoms with E-state index in [1.807, 2.05) is 0 Å². The van der Waals surface area contributed by atoms with E-state index in [1.165, 1.54) is 24.3 Å². The second-order valence-corrected chi connectivity index (χ2v) is 6.09. The summed E-state index contributed by atoms with van der Waals surface area (Å²) in [4.78, 5) is 25.7. The summed E-state index contributed by atoms with van der Waals surface area (Å²) in [5.41, 5.74) is 6.11. The molecule has 1 heterocycles. The van der Waals surface area contributed by atoms with E-state index in [-0.39, 0.29) is 36.0 Å². The van der Waals surface area contributed by atoms with Crippen molar-refractivity contribution in [1.29, 1.82) is 0 Å². The van der Waals surface area contributed by atoms with Crippen molar-refractivity contribution < 1.29 is 14.0 Å². The van der Waals surface area contributed by atoms with Crippen LogP contribution in [0.15, 0.2) is 24.3 Å². The van der Waals surface area contributed by atoms with Crippen molar-refractivity contribution in [1.82, 2.24) is 10.2 Å². The van der Waals surface area contributed by atoms with Crippen LogP contribution in [0.1, 0.15) is 30.1 Å². The van der Waals surface area contributed by atoms with E-state index in [1.54, 1.807) is 4.90 Å². The molecule has 1 aromatic rings. The number of nitrogens with zero attached hydrogens (tertiary/aromatic N) is 1. The molecule has 1 unspecified atom stereocenters. The number of rotatable bonds is 5. The van der Waals surface area contributed by atoms with Gasteiger partial charge in [-0.15, -0.1) is 0 Å². The third kappa shape index (κ3) is 4.04. The van der Waals surface area contributed by atoms with Gasteiger partial charge in [0.2, 0.25) is 5.91 Å². The van der Waals surface area contributed by atoms with Gasteiger partial charge in [-0.25, -0.2) is 4.39 Å². The molecule has 1 atom stereocenters. The summed E-state index contributed by atoms with van der Waals surface area (Å²) >= 11 is 0. The van der Waals surface area contributed by atoms with Gasteiger partial charge in [0.05, 0.1) is 0 Å². The van der Waals surface area contributed by atoms with E-state index in [2.05, 4.69) is 12.2 Å². The number of carbonyl (C=O) groups is 2. The lowest BCUT2D eigenvalue weighted by Gasteiger charge is -2.22. The smallest absolute Gasteiger partial charge is 0.251 e. The Morgan fingerprint density at radius 1 is 1.36 bits per heavy atom. The third-order valence-electron chi connectivity index (χ3n) is 4.13. The minimum Gasteiger partial charge on any atom is -0.352 e. The number of nitrogens with two attached hydrogens (primary N) is 1. The maximum atomic E-state index is 12.8. The Kier molecular flexibility index (Phi) is 5.13. The van der Waals surface area contributed by atoms with Crippen molar-refractivity contribution in [3.63, 3.8) is 0 Å². The molecule has 0 bridgehead atoms. The highest BCUT2D eigenvalue weighted by Gasteiger charge is 2.34. The van der Waals surface area contributed by atoms with Crippen LogP contribution in [-0.2, 0) is 4.79 Å². The van der Waals surface area contributed by atoms with Gasteiger partial charge in [0, 0.05) is 31.6 Å². The quantitative estimate of drug-likeness (QED) is 0.856. The Labute approximate surface area is 129 Å². The van der Waals surface area contributed by atoms with Gasteiger partial charge >= 0.3 is 0 Å². The zero-order valence-electron chi connectivity index (χ0n) is 12.8. The molecule has 1 aliphatic rings. The summed E-state index contributed by atoms with van der Waals surface area (Å²) < 4.78 is 12.8. The Bertz CT molecular complexity index is 547. The Morgan fingerprint density at radius 2 is 2.05 bits per heavy atom. The van der Waals surface area contributed by atoms with Crippen LogP contribution in [0.3, 0.4) is 0 Å². The lowest BCUT2D eigenvalue weighted by molar-refractivity contribution is -0.130. The number of nitrogens with one attached hydrogen (secondary N) is 1. The first-order chi connectivity index (χ1) is 10.4. The van der Waals surface area contributed by atoms with Crippen molar-refractivity contribution in [3.05, 3.63) is 35.6 Å². The Morgan fingerprint density at radius 3 is 2.64 bits per heavy atom. The fraction of sp³-hybridized carbons (Fsp3) is 0.500. The number of halogens is 1. The number of hydrogen-bond donors (Lipinski definition) is 2. The van der Waals surface area contributed by atoms with E-state index in [0.29, 0.717) is 18.7 Å². The van der Waals surface area contributed by atoms with E-state index in [4.69, 9.17) is 5.73 Å². The zero-order valence-corrected chi connectivity index (χ0v) is 12.8.